The van der Waals surface area contributed by atoms with Crippen molar-refractivity contribution in [3.63, 3.8) is 0 Å². The Morgan fingerprint density at radius 2 is 2.05 bits per heavy atom. The minimum atomic E-state index is -0.418. The SMILES string of the molecule is CC(=O)Cc1ccc(-c2cccc([N+](=O)[O-])c2C)o1. The summed E-state index contributed by atoms with van der Waals surface area (Å²) in [6, 6.07) is 8.28. The van der Waals surface area contributed by atoms with Gasteiger partial charge in [0.1, 0.15) is 17.3 Å². The van der Waals surface area contributed by atoms with Gasteiger partial charge in [0.2, 0.25) is 0 Å². The quantitative estimate of drug-likeness (QED) is 0.623. The van der Waals surface area contributed by atoms with E-state index in [9.17, 15) is 14.9 Å². The number of nitro benzene ring substituents is 1. The number of ketones is 1. The fourth-order valence-corrected chi connectivity index (χ4v) is 1.95. The minimum Gasteiger partial charge on any atom is -0.461 e. The highest BCUT2D eigenvalue weighted by Crippen LogP contribution is 2.31. The van der Waals surface area contributed by atoms with Crippen molar-refractivity contribution in [1.82, 2.24) is 0 Å². The summed E-state index contributed by atoms with van der Waals surface area (Å²) in [5.74, 6) is 1.11. The van der Waals surface area contributed by atoms with E-state index in [0.29, 0.717) is 22.6 Å². The molecule has 0 aliphatic carbocycles. The smallest absolute Gasteiger partial charge is 0.273 e. The third-order valence-corrected chi connectivity index (χ3v) is 2.85. The van der Waals surface area contributed by atoms with Crippen LogP contribution in [-0.4, -0.2) is 10.7 Å². The summed E-state index contributed by atoms with van der Waals surface area (Å²) in [5.41, 5.74) is 1.28. The summed E-state index contributed by atoms with van der Waals surface area (Å²) < 4.78 is 5.55. The molecule has 0 aliphatic rings. The van der Waals surface area contributed by atoms with Gasteiger partial charge >= 0.3 is 0 Å². The first kappa shape index (κ1) is 13.0. The molecular formula is C14H13NO4. The number of carbonyl (C=O) groups is 1. The van der Waals surface area contributed by atoms with Gasteiger partial charge in [-0.05, 0) is 26.0 Å². The first-order chi connectivity index (χ1) is 8.99. The molecule has 0 N–H and O–H groups in total. The van der Waals surface area contributed by atoms with E-state index in [4.69, 9.17) is 4.42 Å². The molecule has 0 saturated carbocycles. The summed E-state index contributed by atoms with van der Waals surface area (Å²) >= 11 is 0. The Balaban J connectivity index is 2.42. The number of hydrogen-bond donors (Lipinski definition) is 0. The standard InChI is InChI=1S/C14H13NO4/c1-9(16)8-11-6-7-14(19-11)12-4-3-5-13(10(12)2)15(17)18/h3-7H,8H2,1-2H3. The van der Waals surface area contributed by atoms with E-state index in [1.54, 1.807) is 31.2 Å². The van der Waals surface area contributed by atoms with Crippen molar-refractivity contribution in [3.8, 4) is 11.3 Å². The Bertz CT molecular complexity index is 643. The molecule has 2 rings (SSSR count). The molecule has 5 heteroatoms. The van der Waals surface area contributed by atoms with Crippen LogP contribution in [0.2, 0.25) is 0 Å². The molecule has 0 unspecified atom stereocenters. The topological polar surface area (TPSA) is 73.3 Å². The highest BCUT2D eigenvalue weighted by molar-refractivity contribution is 5.78. The van der Waals surface area contributed by atoms with Crippen LogP contribution in [0.3, 0.4) is 0 Å². The zero-order valence-electron chi connectivity index (χ0n) is 10.7. The molecule has 0 radical (unpaired) electrons. The monoisotopic (exact) mass is 259 g/mol. The third-order valence-electron chi connectivity index (χ3n) is 2.85. The van der Waals surface area contributed by atoms with Crippen molar-refractivity contribution < 1.29 is 14.1 Å². The maximum absolute atomic E-state index is 11.0. The predicted octanol–water partition coefficient (Wildman–Crippen LogP) is 3.29. The van der Waals surface area contributed by atoms with E-state index in [1.807, 2.05) is 0 Å². The number of nitro groups is 1. The zero-order chi connectivity index (χ0) is 14.0. The molecule has 1 aromatic heterocycles. The van der Waals surface area contributed by atoms with Gasteiger partial charge in [0.05, 0.1) is 11.3 Å². The number of rotatable bonds is 4. The highest BCUT2D eigenvalue weighted by Gasteiger charge is 2.16. The van der Waals surface area contributed by atoms with E-state index in [-0.39, 0.29) is 17.9 Å². The lowest BCUT2D eigenvalue weighted by Gasteiger charge is -2.03. The Kier molecular flexibility index (Phi) is 3.46. The first-order valence-corrected chi connectivity index (χ1v) is 5.81. The van der Waals surface area contributed by atoms with Crippen LogP contribution >= 0.6 is 0 Å². The fourth-order valence-electron chi connectivity index (χ4n) is 1.95. The molecule has 0 atom stereocenters. The molecule has 0 bridgehead atoms. The molecule has 5 nitrogen and oxygen atoms in total. The van der Waals surface area contributed by atoms with Crippen LogP contribution < -0.4 is 0 Å². The molecule has 0 aliphatic heterocycles. The van der Waals surface area contributed by atoms with Crippen molar-refractivity contribution in [2.45, 2.75) is 20.3 Å². The third kappa shape index (κ3) is 2.70. The fraction of sp³-hybridized carbons (Fsp3) is 0.214. The van der Waals surface area contributed by atoms with Crippen LogP contribution in [0, 0.1) is 17.0 Å². The van der Waals surface area contributed by atoms with Gasteiger partial charge in [-0.3, -0.25) is 14.9 Å². The zero-order valence-corrected chi connectivity index (χ0v) is 10.7. The number of nitrogens with zero attached hydrogens (tertiary/aromatic N) is 1. The largest absolute Gasteiger partial charge is 0.461 e. The first-order valence-electron chi connectivity index (χ1n) is 5.81. The number of furan rings is 1. The van der Waals surface area contributed by atoms with Gasteiger partial charge in [-0.25, -0.2) is 0 Å². The number of benzene rings is 1. The average molecular weight is 259 g/mol. The molecule has 0 fully saturated rings. The second-order valence-electron chi connectivity index (χ2n) is 4.35. The van der Waals surface area contributed by atoms with E-state index >= 15 is 0 Å². The van der Waals surface area contributed by atoms with E-state index in [0.717, 1.165) is 0 Å². The second kappa shape index (κ2) is 5.06. The van der Waals surface area contributed by atoms with Crippen molar-refractivity contribution in [3.05, 3.63) is 51.8 Å². The summed E-state index contributed by atoms with van der Waals surface area (Å²) in [4.78, 5) is 21.5. The molecule has 1 heterocycles. The van der Waals surface area contributed by atoms with Gasteiger partial charge < -0.3 is 4.42 Å². The van der Waals surface area contributed by atoms with Crippen LogP contribution in [0.25, 0.3) is 11.3 Å². The highest BCUT2D eigenvalue weighted by atomic mass is 16.6. The van der Waals surface area contributed by atoms with Gasteiger partial charge in [-0.2, -0.15) is 0 Å². The van der Waals surface area contributed by atoms with Crippen LogP contribution in [0.15, 0.2) is 34.7 Å². The lowest BCUT2D eigenvalue weighted by atomic mass is 10.1. The second-order valence-corrected chi connectivity index (χ2v) is 4.35. The maximum atomic E-state index is 11.0. The van der Waals surface area contributed by atoms with Gasteiger partial charge in [0.25, 0.3) is 5.69 Å². The molecular weight excluding hydrogens is 246 g/mol. The molecule has 0 amide bonds. The summed E-state index contributed by atoms with van der Waals surface area (Å²) in [6.45, 7) is 3.17. The Morgan fingerprint density at radius 1 is 1.32 bits per heavy atom. The van der Waals surface area contributed by atoms with Crippen molar-refractivity contribution >= 4 is 11.5 Å². The summed E-state index contributed by atoms with van der Waals surface area (Å²) in [7, 11) is 0. The molecule has 0 spiro atoms. The Morgan fingerprint density at radius 3 is 2.68 bits per heavy atom. The number of hydrogen-bond acceptors (Lipinski definition) is 4. The average Bonchev–Trinajstić information content (AvgIpc) is 2.76. The molecule has 0 saturated heterocycles. The summed E-state index contributed by atoms with van der Waals surface area (Å²) in [6.07, 6.45) is 0.230. The number of carbonyl (C=O) groups excluding carboxylic acids is 1. The normalized spacial score (nSPS) is 10.4. The Hall–Kier alpha value is -2.43. The molecule has 2 aromatic rings. The Labute approximate surface area is 110 Å². The van der Waals surface area contributed by atoms with Gasteiger partial charge in [0, 0.05) is 17.2 Å². The number of Topliss-reactive ketones (excluding diaryl/α,β-unsaturated/α-hetero) is 1. The van der Waals surface area contributed by atoms with Gasteiger partial charge in [-0.1, -0.05) is 12.1 Å². The maximum Gasteiger partial charge on any atom is 0.273 e. The van der Waals surface area contributed by atoms with Crippen LogP contribution in [0.5, 0.6) is 0 Å². The van der Waals surface area contributed by atoms with Crippen molar-refractivity contribution in [2.24, 2.45) is 0 Å². The molecule has 19 heavy (non-hydrogen) atoms. The van der Waals surface area contributed by atoms with E-state index in [1.165, 1.54) is 13.0 Å². The van der Waals surface area contributed by atoms with E-state index < -0.39 is 4.92 Å². The van der Waals surface area contributed by atoms with Crippen LogP contribution in [-0.2, 0) is 11.2 Å². The van der Waals surface area contributed by atoms with Crippen LogP contribution in [0.4, 0.5) is 5.69 Å². The lowest BCUT2D eigenvalue weighted by molar-refractivity contribution is -0.385. The molecule has 1 aromatic carbocycles. The lowest BCUT2D eigenvalue weighted by Crippen LogP contribution is -1.94. The summed E-state index contributed by atoms with van der Waals surface area (Å²) in [5, 5.41) is 10.9. The predicted molar refractivity (Wildman–Crippen MR) is 69.9 cm³/mol. The van der Waals surface area contributed by atoms with E-state index in [2.05, 4.69) is 0 Å². The van der Waals surface area contributed by atoms with Crippen molar-refractivity contribution in [1.29, 1.82) is 0 Å². The van der Waals surface area contributed by atoms with Crippen LogP contribution in [0.1, 0.15) is 18.2 Å². The van der Waals surface area contributed by atoms with Crippen molar-refractivity contribution in [2.75, 3.05) is 0 Å². The minimum absolute atomic E-state index is 0.0108. The molecule has 98 valence electrons. The van der Waals surface area contributed by atoms with Gasteiger partial charge in [-0.15, -0.1) is 0 Å². The van der Waals surface area contributed by atoms with Gasteiger partial charge in [0.15, 0.2) is 0 Å².